The van der Waals surface area contributed by atoms with Crippen molar-refractivity contribution in [2.45, 2.75) is 13.5 Å². The highest BCUT2D eigenvalue weighted by atomic mass is 16.5. The monoisotopic (exact) mass is 339 g/mol. The number of ether oxygens (including phenoxy) is 1. The van der Waals surface area contributed by atoms with Gasteiger partial charge in [-0.15, -0.1) is 0 Å². The van der Waals surface area contributed by atoms with E-state index in [1.165, 1.54) is 27.5 Å². The van der Waals surface area contributed by atoms with Crippen LogP contribution in [0.25, 0.3) is 21.9 Å². The van der Waals surface area contributed by atoms with Crippen molar-refractivity contribution in [1.82, 2.24) is 0 Å². The number of para-hydroxylation sites is 2. The highest BCUT2D eigenvalue weighted by Crippen LogP contribution is 2.29. The molecule has 0 saturated carbocycles. The molecule has 2 N–H and O–H groups in total. The number of rotatable bonds is 4. The maximum absolute atomic E-state index is 5.92. The van der Waals surface area contributed by atoms with Crippen molar-refractivity contribution in [3.05, 3.63) is 96.1 Å². The molecule has 4 aromatic carbocycles. The van der Waals surface area contributed by atoms with E-state index in [2.05, 4.69) is 67.6 Å². The minimum absolute atomic E-state index is 0.505. The molecule has 2 nitrogen and oxygen atoms in total. The lowest BCUT2D eigenvalue weighted by Gasteiger charge is -2.11. The van der Waals surface area contributed by atoms with Crippen LogP contribution in [0.5, 0.6) is 5.75 Å². The Hall–Kier alpha value is -3.26. The van der Waals surface area contributed by atoms with Gasteiger partial charge in [0.15, 0.2) is 0 Å². The van der Waals surface area contributed by atoms with E-state index in [-0.39, 0.29) is 0 Å². The molecule has 128 valence electrons. The first-order valence-electron chi connectivity index (χ1n) is 8.77. The van der Waals surface area contributed by atoms with Gasteiger partial charge in [-0.05, 0) is 58.1 Å². The minimum Gasteiger partial charge on any atom is -0.487 e. The average Bonchev–Trinajstić information content (AvgIpc) is 2.67. The summed E-state index contributed by atoms with van der Waals surface area (Å²) in [7, 11) is 0. The topological polar surface area (TPSA) is 35.2 Å². The molecule has 0 bridgehead atoms. The van der Waals surface area contributed by atoms with Crippen LogP contribution >= 0.6 is 0 Å². The second-order valence-electron chi connectivity index (χ2n) is 6.54. The number of hydrogen-bond acceptors (Lipinski definition) is 2. The number of fused-ring (bicyclic) bond motifs is 1. The van der Waals surface area contributed by atoms with Gasteiger partial charge < -0.3 is 10.5 Å². The maximum Gasteiger partial charge on any atom is 0.142 e. The van der Waals surface area contributed by atoms with E-state index in [0.717, 1.165) is 11.3 Å². The first-order chi connectivity index (χ1) is 12.7. The third-order valence-corrected chi connectivity index (χ3v) is 4.67. The van der Waals surface area contributed by atoms with E-state index in [4.69, 9.17) is 10.5 Å². The second kappa shape index (κ2) is 6.93. The summed E-state index contributed by atoms with van der Waals surface area (Å²) in [5.41, 5.74) is 11.5. The Morgan fingerprint density at radius 2 is 1.42 bits per heavy atom. The molecule has 0 atom stereocenters. The molecular formula is C24H21NO. The standard InChI is InChI=1S/C24H21NO/c1-17-14-20-6-2-3-7-21(20)15-22(17)19-12-10-18(11-13-19)16-26-24-9-5-4-8-23(24)25/h2-15H,16,25H2,1H3. The van der Waals surface area contributed by atoms with Crippen LogP contribution in [0.4, 0.5) is 5.69 Å². The molecule has 0 spiro atoms. The van der Waals surface area contributed by atoms with Crippen LogP contribution in [-0.4, -0.2) is 0 Å². The molecule has 0 amide bonds. The van der Waals surface area contributed by atoms with Gasteiger partial charge in [-0.25, -0.2) is 0 Å². The first-order valence-corrected chi connectivity index (χ1v) is 8.77. The zero-order valence-corrected chi connectivity index (χ0v) is 14.8. The number of nitrogen functional groups attached to an aromatic ring is 1. The predicted molar refractivity (Wildman–Crippen MR) is 109 cm³/mol. The smallest absolute Gasteiger partial charge is 0.142 e. The van der Waals surface area contributed by atoms with E-state index in [1.807, 2.05) is 24.3 Å². The third kappa shape index (κ3) is 3.27. The molecule has 2 heteroatoms. The van der Waals surface area contributed by atoms with Crippen molar-refractivity contribution < 1.29 is 4.74 Å². The quantitative estimate of drug-likeness (QED) is 0.464. The average molecular weight is 339 g/mol. The minimum atomic E-state index is 0.505. The zero-order valence-electron chi connectivity index (χ0n) is 14.8. The van der Waals surface area contributed by atoms with Gasteiger partial charge in [0.1, 0.15) is 12.4 Å². The molecule has 0 radical (unpaired) electrons. The molecule has 0 heterocycles. The fourth-order valence-electron chi connectivity index (χ4n) is 3.22. The van der Waals surface area contributed by atoms with Gasteiger partial charge in [-0.1, -0.05) is 66.7 Å². The van der Waals surface area contributed by atoms with E-state index in [0.29, 0.717) is 12.3 Å². The molecular weight excluding hydrogens is 318 g/mol. The van der Waals surface area contributed by atoms with Gasteiger partial charge in [0.25, 0.3) is 0 Å². The Labute approximate surface area is 153 Å². The predicted octanol–water partition coefficient (Wildman–Crippen LogP) is 5.98. The van der Waals surface area contributed by atoms with Crippen molar-refractivity contribution >= 4 is 16.5 Å². The summed E-state index contributed by atoms with van der Waals surface area (Å²) >= 11 is 0. The summed E-state index contributed by atoms with van der Waals surface area (Å²) in [6.07, 6.45) is 0. The lowest BCUT2D eigenvalue weighted by Crippen LogP contribution is -1.98. The largest absolute Gasteiger partial charge is 0.487 e. The van der Waals surface area contributed by atoms with E-state index >= 15 is 0 Å². The number of hydrogen-bond donors (Lipinski definition) is 1. The van der Waals surface area contributed by atoms with Gasteiger partial charge in [0.2, 0.25) is 0 Å². The van der Waals surface area contributed by atoms with Crippen LogP contribution in [0.3, 0.4) is 0 Å². The Balaban J connectivity index is 1.56. The Bertz CT molecular complexity index is 1050. The summed E-state index contributed by atoms with van der Waals surface area (Å²) in [4.78, 5) is 0. The molecule has 4 rings (SSSR count). The number of anilines is 1. The van der Waals surface area contributed by atoms with Crippen molar-refractivity contribution in [2.24, 2.45) is 0 Å². The van der Waals surface area contributed by atoms with Gasteiger partial charge >= 0.3 is 0 Å². The van der Waals surface area contributed by atoms with Crippen LogP contribution in [0, 0.1) is 6.92 Å². The summed E-state index contributed by atoms with van der Waals surface area (Å²) in [5.74, 6) is 0.724. The molecule has 0 aliphatic carbocycles. The molecule has 4 aromatic rings. The molecule has 0 aliphatic heterocycles. The second-order valence-corrected chi connectivity index (χ2v) is 6.54. The highest BCUT2D eigenvalue weighted by Gasteiger charge is 2.05. The number of nitrogens with two attached hydrogens (primary N) is 1. The van der Waals surface area contributed by atoms with Gasteiger partial charge in [0.05, 0.1) is 5.69 Å². The van der Waals surface area contributed by atoms with Gasteiger partial charge in [-0.2, -0.15) is 0 Å². The highest BCUT2D eigenvalue weighted by molar-refractivity contribution is 5.89. The maximum atomic E-state index is 5.92. The summed E-state index contributed by atoms with van der Waals surface area (Å²) in [6.45, 7) is 2.67. The Kier molecular flexibility index (Phi) is 4.32. The van der Waals surface area contributed by atoms with Crippen LogP contribution in [0.15, 0.2) is 84.9 Å². The third-order valence-electron chi connectivity index (χ3n) is 4.67. The molecule has 0 aliphatic rings. The molecule has 0 saturated heterocycles. The number of aryl methyl sites for hydroxylation is 1. The lowest BCUT2D eigenvalue weighted by atomic mass is 9.96. The van der Waals surface area contributed by atoms with Crippen LogP contribution in [-0.2, 0) is 6.61 Å². The molecule has 0 fully saturated rings. The fourth-order valence-corrected chi connectivity index (χ4v) is 3.22. The van der Waals surface area contributed by atoms with Crippen LogP contribution in [0.2, 0.25) is 0 Å². The first kappa shape index (κ1) is 16.2. The van der Waals surface area contributed by atoms with Crippen LogP contribution in [0.1, 0.15) is 11.1 Å². The normalized spacial score (nSPS) is 10.8. The molecule has 26 heavy (non-hydrogen) atoms. The Morgan fingerprint density at radius 3 is 2.15 bits per heavy atom. The van der Waals surface area contributed by atoms with Crippen molar-refractivity contribution in [3.8, 4) is 16.9 Å². The van der Waals surface area contributed by atoms with Crippen LogP contribution < -0.4 is 10.5 Å². The van der Waals surface area contributed by atoms with Crippen molar-refractivity contribution in [2.75, 3.05) is 5.73 Å². The summed E-state index contributed by atoms with van der Waals surface area (Å²) in [6, 6.07) is 29.1. The summed E-state index contributed by atoms with van der Waals surface area (Å²) < 4.78 is 5.82. The van der Waals surface area contributed by atoms with Gasteiger partial charge in [0, 0.05) is 0 Å². The van der Waals surface area contributed by atoms with Gasteiger partial charge in [-0.3, -0.25) is 0 Å². The van der Waals surface area contributed by atoms with E-state index in [9.17, 15) is 0 Å². The Morgan fingerprint density at radius 1 is 0.769 bits per heavy atom. The fraction of sp³-hybridized carbons (Fsp3) is 0.0833. The zero-order chi connectivity index (χ0) is 17.9. The molecule has 0 unspecified atom stereocenters. The van der Waals surface area contributed by atoms with Crippen molar-refractivity contribution in [3.63, 3.8) is 0 Å². The SMILES string of the molecule is Cc1cc2ccccc2cc1-c1ccc(COc2ccccc2N)cc1. The van der Waals surface area contributed by atoms with E-state index in [1.54, 1.807) is 0 Å². The lowest BCUT2D eigenvalue weighted by molar-refractivity contribution is 0.308. The van der Waals surface area contributed by atoms with E-state index < -0.39 is 0 Å². The molecule has 0 aromatic heterocycles. The number of benzene rings is 4. The summed E-state index contributed by atoms with van der Waals surface area (Å²) in [5, 5.41) is 2.54. The van der Waals surface area contributed by atoms with Crippen molar-refractivity contribution in [1.29, 1.82) is 0 Å².